The number of carbonyl (C=O) groups is 1. The lowest BCUT2D eigenvalue weighted by molar-refractivity contribution is -0.117. The van der Waals surface area contributed by atoms with Crippen molar-refractivity contribution < 1.29 is 19.4 Å². The molecule has 0 saturated carbocycles. The summed E-state index contributed by atoms with van der Waals surface area (Å²) in [5, 5.41) is 10.0. The first-order valence-electron chi connectivity index (χ1n) is 11.7. The number of amidine groups is 1. The molecule has 0 aliphatic heterocycles. The van der Waals surface area contributed by atoms with E-state index in [4.69, 9.17) is 15.2 Å². The molecule has 0 spiro atoms. The summed E-state index contributed by atoms with van der Waals surface area (Å²) in [5.74, 6) is 1.75. The highest BCUT2D eigenvalue weighted by atomic mass is 16.5. The van der Waals surface area contributed by atoms with Crippen molar-refractivity contribution in [2.24, 2.45) is 10.7 Å². The molecule has 0 unspecified atom stereocenters. The number of rotatable bonds is 11. The molecule has 3 rings (SSSR count). The average molecular weight is 461 g/mol. The molecule has 6 nitrogen and oxygen atoms in total. The third-order valence-corrected chi connectivity index (χ3v) is 5.30. The topological polar surface area (TPSA) is 94.1 Å². The van der Waals surface area contributed by atoms with Gasteiger partial charge in [0, 0.05) is 17.5 Å². The SMILES string of the molecule is CCCC(=O)N=C(N)c1ccc(-c2ccc(OCCOc3cccc(O)c3CCC)cc2)cc1. The van der Waals surface area contributed by atoms with Gasteiger partial charge in [0.25, 0.3) is 0 Å². The molecule has 3 aromatic carbocycles. The number of phenols is 1. The fraction of sp³-hybridized carbons (Fsp3) is 0.286. The van der Waals surface area contributed by atoms with E-state index in [0.717, 1.165) is 47.3 Å². The molecule has 0 saturated heterocycles. The van der Waals surface area contributed by atoms with Crippen molar-refractivity contribution in [1.82, 2.24) is 0 Å². The Morgan fingerprint density at radius 2 is 1.53 bits per heavy atom. The van der Waals surface area contributed by atoms with Crippen LogP contribution in [0.3, 0.4) is 0 Å². The Balaban J connectivity index is 1.53. The highest BCUT2D eigenvalue weighted by Gasteiger charge is 2.08. The van der Waals surface area contributed by atoms with E-state index in [0.29, 0.717) is 25.4 Å². The van der Waals surface area contributed by atoms with Crippen molar-refractivity contribution in [3.05, 3.63) is 77.9 Å². The lowest BCUT2D eigenvalue weighted by Crippen LogP contribution is -2.15. The maximum absolute atomic E-state index is 11.7. The number of aromatic hydroxyl groups is 1. The number of carbonyl (C=O) groups excluding carboxylic acids is 1. The second kappa shape index (κ2) is 12.4. The van der Waals surface area contributed by atoms with Crippen LogP contribution >= 0.6 is 0 Å². The minimum absolute atomic E-state index is 0.201. The van der Waals surface area contributed by atoms with Gasteiger partial charge in [-0.1, -0.05) is 62.7 Å². The van der Waals surface area contributed by atoms with E-state index < -0.39 is 0 Å². The van der Waals surface area contributed by atoms with Crippen LogP contribution in [-0.4, -0.2) is 30.1 Å². The van der Waals surface area contributed by atoms with E-state index in [-0.39, 0.29) is 17.5 Å². The standard InChI is InChI=1S/C28H32N2O4/c1-3-6-24-25(31)8-5-9-26(24)34-19-18-33-23-16-14-21(15-17-23)20-10-12-22(13-11-20)28(29)30-27(32)7-4-2/h5,8-17,31H,3-4,6-7,18-19H2,1-2H3,(H2,29,30,32). The van der Waals surface area contributed by atoms with Gasteiger partial charge in [0.05, 0.1) is 0 Å². The molecule has 0 aliphatic rings. The summed E-state index contributed by atoms with van der Waals surface area (Å²) in [7, 11) is 0. The van der Waals surface area contributed by atoms with Crippen LogP contribution in [0.1, 0.15) is 44.2 Å². The first-order valence-corrected chi connectivity index (χ1v) is 11.7. The quantitative estimate of drug-likeness (QED) is 0.224. The molecule has 3 aromatic rings. The summed E-state index contributed by atoms with van der Waals surface area (Å²) in [4.78, 5) is 15.6. The van der Waals surface area contributed by atoms with E-state index in [1.807, 2.05) is 61.5 Å². The van der Waals surface area contributed by atoms with Crippen molar-refractivity contribution in [3.8, 4) is 28.4 Å². The zero-order valence-electron chi connectivity index (χ0n) is 19.8. The number of ether oxygens (including phenoxy) is 2. The van der Waals surface area contributed by atoms with Gasteiger partial charge in [0.15, 0.2) is 0 Å². The third-order valence-electron chi connectivity index (χ3n) is 5.30. The van der Waals surface area contributed by atoms with Gasteiger partial charge in [-0.15, -0.1) is 0 Å². The largest absolute Gasteiger partial charge is 0.508 e. The molecule has 0 bridgehead atoms. The summed E-state index contributed by atoms with van der Waals surface area (Å²) in [6.45, 7) is 4.78. The zero-order valence-corrected chi connectivity index (χ0v) is 19.8. The molecule has 34 heavy (non-hydrogen) atoms. The summed E-state index contributed by atoms with van der Waals surface area (Å²) < 4.78 is 11.6. The van der Waals surface area contributed by atoms with Gasteiger partial charge in [-0.05, 0) is 48.2 Å². The van der Waals surface area contributed by atoms with Crippen LogP contribution in [0.25, 0.3) is 11.1 Å². The van der Waals surface area contributed by atoms with Crippen molar-refractivity contribution in [2.45, 2.75) is 39.5 Å². The average Bonchev–Trinajstić information content (AvgIpc) is 2.84. The van der Waals surface area contributed by atoms with Crippen molar-refractivity contribution in [1.29, 1.82) is 0 Å². The minimum atomic E-state index is -0.201. The normalized spacial score (nSPS) is 11.3. The molecule has 1 amide bonds. The Bertz CT molecular complexity index is 1110. The number of nitrogens with zero attached hydrogens (tertiary/aromatic N) is 1. The molecular formula is C28H32N2O4. The molecular weight excluding hydrogens is 428 g/mol. The first kappa shape index (κ1) is 24.8. The lowest BCUT2D eigenvalue weighted by Gasteiger charge is -2.13. The Kier molecular flexibility index (Phi) is 9.09. The van der Waals surface area contributed by atoms with E-state index in [1.165, 1.54) is 0 Å². The molecule has 0 fully saturated rings. The highest BCUT2D eigenvalue weighted by Crippen LogP contribution is 2.29. The van der Waals surface area contributed by atoms with E-state index >= 15 is 0 Å². The van der Waals surface area contributed by atoms with Crippen LogP contribution < -0.4 is 15.2 Å². The van der Waals surface area contributed by atoms with Crippen molar-refractivity contribution in [2.75, 3.05) is 13.2 Å². The minimum Gasteiger partial charge on any atom is -0.508 e. The van der Waals surface area contributed by atoms with Gasteiger partial charge in [0.2, 0.25) is 5.91 Å². The van der Waals surface area contributed by atoms with E-state index in [2.05, 4.69) is 11.9 Å². The maximum atomic E-state index is 11.7. The predicted octanol–water partition coefficient (Wildman–Crippen LogP) is 5.50. The van der Waals surface area contributed by atoms with Crippen LogP contribution in [-0.2, 0) is 11.2 Å². The van der Waals surface area contributed by atoms with Crippen LogP contribution in [0.2, 0.25) is 0 Å². The summed E-state index contributed by atoms with van der Waals surface area (Å²) in [5.41, 5.74) is 9.57. The maximum Gasteiger partial charge on any atom is 0.247 e. The van der Waals surface area contributed by atoms with Crippen LogP contribution in [0.15, 0.2) is 71.7 Å². The molecule has 0 aliphatic carbocycles. The van der Waals surface area contributed by atoms with Crippen molar-refractivity contribution in [3.63, 3.8) is 0 Å². The second-order valence-corrected chi connectivity index (χ2v) is 7.94. The highest BCUT2D eigenvalue weighted by molar-refractivity contribution is 6.04. The van der Waals surface area contributed by atoms with E-state index in [1.54, 1.807) is 12.1 Å². The van der Waals surface area contributed by atoms with Crippen LogP contribution in [0, 0.1) is 0 Å². The second-order valence-electron chi connectivity index (χ2n) is 7.94. The molecule has 6 heteroatoms. The van der Waals surface area contributed by atoms with Gasteiger partial charge in [-0.3, -0.25) is 4.79 Å². The molecule has 0 aromatic heterocycles. The molecule has 178 valence electrons. The van der Waals surface area contributed by atoms with Gasteiger partial charge in [0.1, 0.15) is 36.3 Å². The predicted molar refractivity (Wildman–Crippen MR) is 136 cm³/mol. The van der Waals surface area contributed by atoms with Crippen LogP contribution in [0.5, 0.6) is 17.2 Å². The van der Waals surface area contributed by atoms with E-state index in [9.17, 15) is 9.90 Å². The number of nitrogens with two attached hydrogens (primary N) is 1. The monoisotopic (exact) mass is 460 g/mol. The van der Waals surface area contributed by atoms with Gasteiger partial charge >= 0.3 is 0 Å². The molecule has 0 heterocycles. The summed E-state index contributed by atoms with van der Waals surface area (Å²) in [6, 6.07) is 20.8. The molecule has 0 atom stereocenters. The Labute approximate surface area is 201 Å². The Morgan fingerprint density at radius 3 is 2.18 bits per heavy atom. The van der Waals surface area contributed by atoms with Crippen molar-refractivity contribution >= 4 is 11.7 Å². The number of amides is 1. The number of phenolic OH excluding ortho intramolecular Hbond substituents is 1. The van der Waals surface area contributed by atoms with Gasteiger partial charge < -0.3 is 20.3 Å². The molecule has 3 N–H and O–H groups in total. The third kappa shape index (κ3) is 6.85. The van der Waals surface area contributed by atoms with Gasteiger partial charge in [-0.25, -0.2) is 0 Å². The number of benzene rings is 3. The molecule has 0 radical (unpaired) electrons. The lowest BCUT2D eigenvalue weighted by atomic mass is 10.0. The zero-order chi connectivity index (χ0) is 24.3. The number of hydrogen-bond acceptors (Lipinski definition) is 4. The number of hydrogen-bond donors (Lipinski definition) is 2. The summed E-state index contributed by atoms with van der Waals surface area (Å²) >= 11 is 0. The smallest absolute Gasteiger partial charge is 0.247 e. The fourth-order valence-corrected chi connectivity index (χ4v) is 3.55. The fourth-order valence-electron chi connectivity index (χ4n) is 3.55. The first-order chi connectivity index (χ1) is 16.5. The summed E-state index contributed by atoms with van der Waals surface area (Å²) in [6.07, 6.45) is 2.84. The van der Waals surface area contributed by atoms with Gasteiger partial charge in [-0.2, -0.15) is 4.99 Å². The Morgan fingerprint density at radius 1 is 0.882 bits per heavy atom. The van der Waals surface area contributed by atoms with Crippen LogP contribution in [0.4, 0.5) is 0 Å². The Hall–Kier alpha value is -3.80. The number of aliphatic imine (C=N–C) groups is 1.